The SMILES string of the molecule is CC(CCCCN)C(=O)OCCCCOC(=O)C(C)CCCCN. The molecule has 0 bridgehead atoms. The van der Waals surface area contributed by atoms with E-state index in [0.717, 1.165) is 38.5 Å². The van der Waals surface area contributed by atoms with Crippen molar-refractivity contribution in [3.05, 3.63) is 0 Å². The van der Waals surface area contributed by atoms with E-state index in [1.807, 2.05) is 13.8 Å². The van der Waals surface area contributed by atoms with Crippen LogP contribution in [0.25, 0.3) is 0 Å². The molecule has 0 rings (SSSR count). The molecule has 0 heterocycles. The van der Waals surface area contributed by atoms with Crippen molar-refractivity contribution in [3.63, 3.8) is 0 Å². The Balaban J connectivity index is 3.58. The Hall–Kier alpha value is -1.14. The van der Waals surface area contributed by atoms with Crippen LogP contribution in [0.2, 0.25) is 0 Å². The second kappa shape index (κ2) is 15.4. The number of ether oxygens (including phenoxy) is 2. The Kier molecular flexibility index (Phi) is 14.7. The first-order valence-corrected chi connectivity index (χ1v) is 9.26. The lowest BCUT2D eigenvalue weighted by molar-refractivity contribution is -0.150. The zero-order chi connectivity index (χ0) is 18.2. The quantitative estimate of drug-likeness (QED) is 0.349. The van der Waals surface area contributed by atoms with E-state index in [9.17, 15) is 9.59 Å². The van der Waals surface area contributed by atoms with Crippen LogP contribution in [-0.4, -0.2) is 38.2 Å². The average molecular weight is 344 g/mol. The Labute approximate surface area is 146 Å². The van der Waals surface area contributed by atoms with Crippen LogP contribution in [0.1, 0.15) is 65.2 Å². The van der Waals surface area contributed by atoms with Crippen molar-refractivity contribution in [2.75, 3.05) is 26.3 Å². The number of nitrogens with two attached hydrogens (primary N) is 2. The van der Waals surface area contributed by atoms with Gasteiger partial charge in [0.25, 0.3) is 0 Å². The minimum absolute atomic E-state index is 0.0799. The molecule has 0 spiro atoms. The van der Waals surface area contributed by atoms with Gasteiger partial charge in [-0.2, -0.15) is 0 Å². The Morgan fingerprint density at radius 2 is 1.08 bits per heavy atom. The number of hydrogen-bond acceptors (Lipinski definition) is 6. The zero-order valence-corrected chi connectivity index (χ0v) is 15.4. The van der Waals surface area contributed by atoms with Gasteiger partial charge < -0.3 is 20.9 Å². The van der Waals surface area contributed by atoms with Gasteiger partial charge in [-0.05, 0) is 51.6 Å². The maximum atomic E-state index is 11.7. The third-order valence-corrected chi connectivity index (χ3v) is 4.01. The van der Waals surface area contributed by atoms with Crippen LogP contribution in [-0.2, 0) is 19.1 Å². The fraction of sp³-hybridized carbons (Fsp3) is 0.889. The maximum absolute atomic E-state index is 11.7. The molecule has 24 heavy (non-hydrogen) atoms. The largest absolute Gasteiger partial charge is 0.465 e. The van der Waals surface area contributed by atoms with Crippen molar-refractivity contribution in [2.24, 2.45) is 23.3 Å². The van der Waals surface area contributed by atoms with Crippen molar-refractivity contribution in [3.8, 4) is 0 Å². The summed E-state index contributed by atoms with van der Waals surface area (Å²) >= 11 is 0. The lowest BCUT2D eigenvalue weighted by Gasteiger charge is -2.12. The van der Waals surface area contributed by atoms with E-state index >= 15 is 0 Å². The summed E-state index contributed by atoms with van der Waals surface area (Å²) in [5, 5.41) is 0. The summed E-state index contributed by atoms with van der Waals surface area (Å²) in [7, 11) is 0. The normalized spacial score (nSPS) is 13.3. The molecular weight excluding hydrogens is 308 g/mol. The van der Waals surface area contributed by atoms with E-state index in [-0.39, 0.29) is 23.8 Å². The number of rotatable bonds is 15. The van der Waals surface area contributed by atoms with E-state index in [1.165, 1.54) is 0 Å². The molecule has 0 fully saturated rings. The summed E-state index contributed by atoms with van der Waals surface area (Å²) < 4.78 is 10.5. The highest BCUT2D eigenvalue weighted by Gasteiger charge is 2.15. The molecular formula is C18H36N2O4. The molecule has 0 aromatic rings. The number of carbonyl (C=O) groups is 2. The van der Waals surface area contributed by atoms with Crippen molar-refractivity contribution in [1.82, 2.24) is 0 Å². The number of unbranched alkanes of at least 4 members (excludes halogenated alkanes) is 3. The van der Waals surface area contributed by atoms with Crippen LogP contribution in [0.5, 0.6) is 0 Å². The van der Waals surface area contributed by atoms with Gasteiger partial charge >= 0.3 is 11.9 Å². The number of hydrogen-bond donors (Lipinski definition) is 2. The molecule has 2 atom stereocenters. The third-order valence-electron chi connectivity index (χ3n) is 4.01. The van der Waals surface area contributed by atoms with Gasteiger partial charge in [0.15, 0.2) is 0 Å². The van der Waals surface area contributed by atoms with Gasteiger partial charge in [-0.1, -0.05) is 26.7 Å². The first kappa shape index (κ1) is 22.9. The van der Waals surface area contributed by atoms with E-state index in [2.05, 4.69) is 0 Å². The second-order valence-corrected chi connectivity index (χ2v) is 6.41. The predicted octanol–water partition coefficient (Wildman–Crippen LogP) is 2.38. The molecule has 0 aliphatic heterocycles. The van der Waals surface area contributed by atoms with E-state index in [1.54, 1.807) is 0 Å². The predicted molar refractivity (Wildman–Crippen MR) is 95.3 cm³/mol. The highest BCUT2D eigenvalue weighted by molar-refractivity contribution is 5.72. The zero-order valence-electron chi connectivity index (χ0n) is 15.4. The smallest absolute Gasteiger partial charge is 0.308 e. The summed E-state index contributed by atoms with van der Waals surface area (Å²) in [5.74, 6) is -0.470. The fourth-order valence-corrected chi connectivity index (χ4v) is 2.26. The minimum Gasteiger partial charge on any atom is -0.465 e. The van der Waals surface area contributed by atoms with Gasteiger partial charge in [-0.15, -0.1) is 0 Å². The van der Waals surface area contributed by atoms with Crippen molar-refractivity contribution < 1.29 is 19.1 Å². The molecule has 0 aromatic carbocycles. The van der Waals surface area contributed by atoms with Gasteiger partial charge in [-0.3, -0.25) is 9.59 Å². The number of esters is 2. The lowest BCUT2D eigenvalue weighted by Crippen LogP contribution is -2.17. The molecule has 0 aliphatic rings. The molecule has 4 N–H and O–H groups in total. The Morgan fingerprint density at radius 3 is 1.42 bits per heavy atom. The van der Waals surface area contributed by atoms with E-state index in [4.69, 9.17) is 20.9 Å². The van der Waals surface area contributed by atoms with Crippen LogP contribution in [0.4, 0.5) is 0 Å². The Bertz CT molecular complexity index is 305. The third kappa shape index (κ3) is 12.3. The topological polar surface area (TPSA) is 105 Å². The molecule has 0 radical (unpaired) electrons. The summed E-state index contributed by atoms with van der Waals surface area (Å²) in [5.41, 5.74) is 10.9. The first-order valence-electron chi connectivity index (χ1n) is 9.26. The van der Waals surface area contributed by atoms with Gasteiger partial charge in [0.2, 0.25) is 0 Å². The summed E-state index contributed by atoms with van der Waals surface area (Å²) in [6.45, 7) is 5.84. The maximum Gasteiger partial charge on any atom is 0.308 e. The van der Waals surface area contributed by atoms with Crippen molar-refractivity contribution >= 4 is 11.9 Å². The molecule has 0 saturated carbocycles. The average Bonchev–Trinajstić information content (AvgIpc) is 2.57. The minimum atomic E-state index is -0.155. The van der Waals surface area contributed by atoms with Gasteiger partial charge in [0.05, 0.1) is 25.0 Å². The molecule has 142 valence electrons. The lowest BCUT2D eigenvalue weighted by atomic mass is 10.0. The monoisotopic (exact) mass is 344 g/mol. The Morgan fingerprint density at radius 1 is 0.708 bits per heavy atom. The van der Waals surface area contributed by atoms with Crippen LogP contribution < -0.4 is 11.5 Å². The van der Waals surface area contributed by atoms with E-state index in [0.29, 0.717) is 39.1 Å². The highest BCUT2D eigenvalue weighted by Crippen LogP contribution is 2.11. The molecule has 0 saturated heterocycles. The summed E-state index contributed by atoms with van der Waals surface area (Å²) in [6, 6.07) is 0. The fourth-order valence-electron chi connectivity index (χ4n) is 2.26. The second-order valence-electron chi connectivity index (χ2n) is 6.41. The van der Waals surface area contributed by atoms with Gasteiger partial charge in [0, 0.05) is 0 Å². The van der Waals surface area contributed by atoms with Crippen molar-refractivity contribution in [1.29, 1.82) is 0 Å². The van der Waals surface area contributed by atoms with Crippen LogP contribution in [0.15, 0.2) is 0 Å². The highest BCUT2D eigenvalue weighted by atomic mass is 16.5. The first-order chi connectivity index (χ1) is 11.5. The molecule has 2 unspecified atom stereocenters. The molecule has 0 amide bonds. The molecule has 0 aromatic heterocycles. The molecule has 0 aliphatic carbocycles. The van der Waals surface area contributed by atoms with Crippen LogP contribution in [0.3, 0.4) is 0 Å². The molecule has 6 heteroatoms. The van der Waals surface area contributed by atoms with Gasteiger partial charge in [-0.25, -0.2) is 0 Å². The summed E-state index contributed by atoms with van der Waals surface area (Å²) in [6.07, 6.45) is 6.82. The van der Waals surface area contributed by atoms with Crippen LogP contribution in [0, 0.1) is 11.8 Å². The van der Waals surface area contributed by atoms with Crippen LogP contribution >= 0.6 is 0 Å². The number of carbonyl (C=O) groups excluding carboxylic acids is 2. The van der Waals surface area contributed by atoms with E-state index < -0.39 is 0 Å². The molecule has 6 nitrogen and oxygen atoms in total. The van der Waals surface area contributed by atoms with Crippen molar-refractivity contribution in [2.45, 2.75) is 65.2 Å². The summed E-state index contributed by atoms with van der Waals surface area (Å²) in [4.78, 5) is 23.5. The van der Waals surface area contributed by atoms with Gasteiger partial charge in [0.1, 0.15) is 0 Å². The standard InChI is InChI=1S/C18H36N2O4/c1-15(9-3-5-11-19)17(21)23-13-7-8-14-24-18(22)16(2)10-4-6-12-20/h15-16H,3-14,19-20H2,1-2H3.